The quantitative estimate of drug-likeness (QED) is 0.731. The molecule has 19 heavy (non-hydrogen) atoms. The van der Waals surface area contributed by atoms with Crippen LogP contribution < -0.4 is 0 Å². The number of hydrogen-bond acceptors (Lipinski definition) is 2. The predicted octanol–water partition coefficient (Wildman–Crippen LogP) is 3.27. The van der Waals surface area contributed by atoms with Crippen LogP contribution in [0.2, 0.25) is 0 Å². The molecule has 104 valence electrons. The third-order valence-corrected chi connectivity index (χ3v) is 4.31. The summed E-state index contributed by atoms with van der Waals surface area (Å²) >= 11 is 0. The first-order valence-electron chi connectivity index (χ1n) is 7.42. The van der Waals surface area contributed by atoms with Crippen molar-refractivity contribution >= 4 is 6.29 Å². The Bertz CT molecular complexity index is 403. The molecule has 1 fully saturated rings. The largest absolute Gasteiger partial charge is 0.302 e. The third-order valence-electron chi connectivity index (χ3n) is 4.31. The summed E-state index contributed by atoms with van der Waals surface area (Å²) in [6, 6.07) is 10.2. The number of likely N-dealkylation sites (tertiary alicyclic amines) is 1. The summed E-state index contributed by atoms with van der Waals surface area (Å²) in [5.74, 6) is 0.830. The molecule has 0 aliphatic carbocycles. The fourth-order valence-corrected chi connectivity index (χ4v) is 3.18. The van der Waals surface area contributed by atoms with E-state index in [0.717, 1.165) is 37.4 Å². The summed E-state index contributed by atoms with van der Waals surface area (Å²) in [5, 5.41) is 0. The lowest BCUT2D eigenvalue weighted by molar-refractivity contribution is -0.112. The average Bonchev–Trinajstić information content (AvgIpc) is 2.87. The molecule has 1 aromatic rings. The summed E-state index contributed by atoms with van der Waals surface area (Å²) in [4.78, 5) is 14.1. The lowest BCUT2D eigenvalue weighted by atomic mass is 9.83. The number of nitrogens with zero attached hydrogens (tertiary/aromatic N) is 1. The molecule has 0 aromatic heterocycles. The molecule has 0 radical (unpaired) electrons. The number of carbonyl (C=O) groups is 1. The molecule has 2 unspecified atom stereocenters. The fourth-order valence-electron chi connectivity index (χ4n) is 3.18. The molecular formula is C17H25NO. The van der Waals surface area contributed by atoms with Crippen LogP contribution in [0.1, 0.15) is 38.7 Å². The molecule has 0 spiro atoms. The summed E-state index contributed by atoms with van der Waals surface area (Å²) < 4.78 is 0. The average molecular weight is 259 g/mol. The predicted molar refractivity (Wildman–Crippen MR) is 79.3 cm³/mol. The molecule has 1 aromatic carbocycles. The second kappa shape index (κ2) is 6.33. The van der Waals surface area contributed by atoms with Gasteiger partial charge in [0.05, 0.1) is 5.41 Å². The first-order chi connectivity index (χ1) is 9.18. The van der Waals surface area contributed by atoms with Crippen molar-refractivity contribution in [1.82, 2.24) is 4.90 Å². The van der Waals surface area contributed by atoms with E-state index in [-0.39, 0.29) is 5.41 Å². The van der Waals surface area contributed by atoms with E-state index in [2.05, 4.69) is 30.9 Å². The van der Waals surface area contributed by atoms with Gasteiger partial charge in [0.1, 0.15) is 6.29 Å². The third kappa shape index (κ3) is 3.44. The minimum absolute atomic E-state index is 0.373. The van der Waals surface area contributed by atoms with Crippen molar-refractivity contribution in [2.45, 2.75) is 38.5 Å². The Balaban J connectivity index is 2.02. The number of carbonyl (C=O) groups excluding carboxylic acids is 1. The van der Waals surface area contributed by atoms with Crippen molar-refractivity contribution in [3.8, 4) is 0 Å². The monoisotopic (exact) mass is 259 g/mol. The van der Waals surface area contributed by atoms with E-state index < -0.39 is 0 Å². The minimum Gasteiger partial charge on any atom is -0.302 e. The van der Waals surface area contributed by atoms with Crippen LogP contribution in [0.5, 0.6) is 0 Å². The van der Waals surface area contributed by atoms with Crippen molar-refractivity contribution < 1.29 is 4.79 Å². The zero-order valence-electron chi connectivity index (χ0n) is 12.1. The van der Waals surface area contributed by atoms with Crippen LogP contribution in [0, 0.1) is 5.92 Å². The Hall–Kier alpha value is -1.15. The molecule has 1 saturated heterocycles. The summed E-state index contributed by atoms with van der Waals surface area (Å²) in [7, 11) is 0. The lowest BCUT2D eigenvalue weighted by Gasteiger charge is -2.29. The first-order valence-corrected chi connectivity index (χ1v) is 7.42. The van der Waals surface area contributed by atoms with Gasteiger partial charge in [-0.2, -0.15) is 0 Å². The van der Waals surface area contributed by atoms with Gasteiger partial charge in [-0.05, 0) is 37.8 Å². The molecular weight excluding hydrogens is 234 g/mol. The van der Waals surface area contributed by atoms with Crippen molar-refractivity contribution in [3.05, 3.63) is 35.9 Å². The van der Waals surface area contributed by atoms with Crippen LogP contribution in [0.3, 0.4) is 0 Å². The Morgan fingerprint density at radius 1 is 1.37 bits per heavy atom. The molecule has 2 heteroatoms. The van der Waals surface area contributed by atoms with Crippen LogP contribution in [0.15, 0.2) is 30.3 Å². The number of rotatable bonds is 6. The standard InChI is InChI=1S/C17H25NO/c1-3-7-15-10-11-18(12-15)13-17(2,14-19)16-8-5-4-6-9-16/h4-6,8-9,14-15H,3,7,10-13H2,1-2H3. The van der Waals surface area contributed by atoms with Crippen molar-refractivity contribution in [2.24, 2.45) is 5.92 Å². The highest BCUT2D eigenvalue weighted by Crippen LogP contribution is 2.27. The summed E-state index contributed by atoms with van der Waals surface area (Å²) in [6.45, 7) is 7.45. The summed E-state index contributed by atoms with van der Waals surface area (Å²) in [5.41, 5.74) is 0.756. The molecule has 2 nitrogen and oxygen atoms in total. The van der Waals surface area contributed by atoms with Gasteiger partial charge in [-0.25, -0.2) is 0 Å². The summed E-state index contributed by atoms with van der Waals surface area (Å²) in [6.07, 6.45) is 4.99. The highest BCUT2D eigenvalue weighted by Gasteiger charge is 2.32. The second-order valence-electron chi connectivity index (χ2n) is 6.08. The van der Waals surface area contributed by atoms with E-state index in [1.54, 1.807) is 0 Å². The van der Waals surface area contributed by atoms with Gasteiger partial charge in [-0.15, -0.1) is 0 Å². The molecule has 0 amide bonds. The van der Waals surface area contributed by atoms with E-state index in [0.29, 0.717) is 0 Å². The van der Waals surface area contributed by atoms with Gasteiger partial charge < -0.3 is 9.69 Å². The van der Waals surface area contributed by atoms with Crippen LogP contribution >= 0.6 is 0 Å². The van der Waals surface area contributed by atoms with Gasteiger partial charge >= 0.3 is 0 Å². The van der Waals surface area contributed by atoms with Gasteiger partial charge in [0, 0.05) is 13.1 Å². The highest BCUT2D eigenvalue weighted by atomic mass is 16.1. The Morgan fingerprint density at radius 2 is 2.11 bits per heavy atom. The smallest absolute Gasteiger partial charge is 0.131 e. The molecule has 0 bridgehead atoms. The Kier molecular flexibility index (Phi) is 4.76. The molecule has 1 aliphatic heterocycles. The van der Waals surface area contributed by atoms with Crippen LogP contribution in [-0.4, -0.2) is 30.8 Å². The van der Waals surface area contributed by atoms with Crippen molar-refractivity contribution in [1.29, 1.82) is 0 Å². The van der Waals surface area contributed by atoms with E-state index in [1.807, 2.05) is 18.2 Å². The van der Waals surface area contributed by atoms with Crippen molar-refractivity contribution in [2.75, 3.05) is 19.6 Å². The van der Waals surface area contributed by atoms with Gasteiger partial charge in [0.15, 0.2) is 0 Å². The number of aldehydes is 1. The molecule has 1 aliphatic rings. The van der Waals surface area contributed by atoms with Crippen LogP contribution in [-0.2, 0) is 10.2 Å². The second-order valence-corrected chi connectivity index (χ2v) is 6.08. The maximum Gasteiger partial charge on any atom is 0.131 e. The molecule has 2 rings (SSSR count). The van der Waals surface area contributed by atoms with Gasteiger partial charge in [-0.3, -0.25) is 0 Å². The fraction of sp³-hybridized carbons (Fsp3) is 0.588. The van der Waals surface area contributed by atoms with Crippen LogP contribution in [0.25, 0.3) is 0 Å². The first kappa shape index (κ1) is 14.3. The zero-order chi connectivity index (χ0) is 13.7. The highest BCUT2D eigenvalue weighted by molar-refractivity contribution is 5.68. The molecule has 0 saturated carbocycles. The topological polar surface area (TPSA) is 20.3 Å². The van der Waals surface area contributed by atoms with Gasteiger partial charge in [0.2, 0.25) is 0 Å². The normalized spacial score (nSPS) is 23.2. The van der Waals surface area contributed by atoms with Crippen LogP contribution in [0.4, 0.5) is 0 Å². The Morgan fingerprint density at radius 3 is 2.74 bits per heavy atom. The Labute approximate surface area is 116 Å². The van der Waals surface area contributed by atoms with Gasteiger partial charge in [-0.1, -0.05) is 43.7 Å². The number of hydrogen-bond donors (Lipinski definition) is 0. The SMILES string of the molecule is CCCC1CCN(CC(C)(C=O)c2ccccc2)C1. The van der Waals surface area contributed by atoms with E-state index in [1.165, 1.54) is 19.3 Å². The molecule has 1 heterocycles. The minimum atomic E-state index is -0.373. The molecule has 0 N–H and O–H groups in total. The van der Waals surface area contributed by atoms with E-state index in [9.17, 15) is 4.79 Å². The van der Waals surface area contributed by atoms with Crippen molar-refractivity contribution in [3.63, 3.8) is 0 Å². The van der Waals surface area contributed by atoms with Gasteiger partial charge in [0.25, 0.3) is 0 Å². The lowest BCUT2D eigenvalue weighted by Crippen LogP contribution is -2.39. The van der Waals surface area contributed by atoms with E-state index in [4.69, 9.17) is 0 Å². The maximum atomic E-state index is 11.6. The molecule has 2 atom stereocenters. The van der Waals surface area contributed by atoms with E-state index >= 15 is 0 Å². The number of benzene rings is 1. The zero-order valence-corrected chi connectivity index (χ0v) is 12.1. The maximum absolute atomic E-state index is 11.6.